The van der Waals surface area contributed by atoms with E-state index >= 15 is 0 Å². The third kappa shape index (κ3) is 5.20. The number of rotatable bonds is 7. The summed E-state index contributed by atoms with van der Waals surface area (Å²) in [5.41, 5.74) is 2.47. The van der Waals surface area contributed by atoms with Gasteiger partial charge in [-0.1, -0.05) is 51.5 Å². The van der Waals surface area contributed by atoms with Crippen molar-refractivity contribution < 1.29 is 4.79 Å². The van der Waals surface area contributed by atoms with E-state index in [1.165, 1.54) is 43.0 Å². The Hall–Kier alpha value is -1.60. The van der Waals surface area contributed by atoms with E-state index < -0.39 is 0 Å². The maximum Gasteiger partial charge on any atom is 0.230 e. The Morgan fingerprint density at radius 1 is 1.35 bits per heavy atom. The summed E-state index contributed by atoms with van der Waals surface area (Å²) in [7, 11) is 1.92. The van der Waals surface area contributed by atoms with Crippen LogP contribution in [0.3, 0.4) is 0 Å². The van der Waals surface area contributed by atoms with Crippen LogP contribution < -0.4 is 5.32 Å². The second-order valence-corrected chi connectivity index (χ2v) is 8.23. The standard InChI is InChI=1S/C19H23BrN4OS/c1-24-18(15-8-5-9-16(20)12-15)22-23-19(24)26-13-17(25)21-11-10-14-6-3-2-4-7-14/h5-6,8-9,12H,2-4,7,10-11,13H2,1H3,(H,21,25). The topological polar surface area (TPSA) is 59.8 Å². The molecule has 7 heteroatoms. The van der Waals surface area contributed by atoms with Gasteiger partial charge in [-0.05, 0) is 44.2 Å². The van der Waals surface area contributed by atoms with Crippen molar-refractivity contribution in [3.63, 3.8) is 0 Å². The van der Waals surface area contributed by atoms with Crippen LogP contribution >= 0.6 is 27.7 Å². The number of benzene rings is 1. The van der Waals surface area contributed by atoms with Crippen LogP contribution in [0.15, 0.2) is 45.5 Å². The lowest BCUT2D eigenvalue weighted by Gasteiger charge is -2.12. The van der Waals surface area contributed by atoms with Gasteiger partial charge in [0, 0.05) is 23.6 Å². The molecule has 1 aliphatic rings. The SMILES string of the molecule is Cn1c(SCC(=O)NCCC2=CCCCC2)nnc1-c1cccc(Br)c1. The van der Waals surface area contributed by atoms with Crippen molar-refractivity contribution in [2.24, 2.45) is 7.05 Å². The van der Waals surface area contributed by atoms with E-state index in [1.54, 1.807) is 0 Å². The van der Waals surface area contributed by atoms with Gasteiger partial charge in [0.05, 0.1) is 5.75 Å². The van der Waals surface area contributed by atoms with E-state index in [1.807, 2.05) is 35.9 Å². The third-order valence-corrected chi connectivity index (χ3v) is 5.92. The molecule has 0 aliphatic heterocycles. The van der Waals surface area contributed by atoms with Crippen LogP contribution in [-0.4, -0.2) is 33.0 Å². The molecule has 0 fully saturated rings. The maximum atomic E-state index is 12.1. The van der Waals surface area contributed by atoms with Crippen LogP contribution in [0.25, 0.3) is 11.4 Å². The average Bonchev–Trinajstić information content (AvgIpc) is 3.01. The van der Waals surface area contributed by atoms with Crippen molar-refractivity contribution >= 4 is 33.6 Å². The Bertz CT molecular complexity index is 803. The van der Waals surface area contributed by atoms with Gasteiger partial charge in [0.2, 0.25) is 5.91 Å². The molecular formula is C19H23BrN4OS. The summed E-state index contributed by atoms with van der Waals surface area (Å²) in [6, 6.07) is 7.94. The summed E-state index contributed by atoms with van der Waals surface area (Å²) in [4.78, 5) is 12.1. The molecule has 1 aromatic heterocycles. The van der Waals surface area contributed by atoms with Crippen molar-refractivity contribution in [1.29, 1.82) is 0 Å². The molecule has 1 amide bonds. The first-order valence-corrected chi connectivity index (χ1v) is 10.6. The van der Waals surface area contributed by atoms with E-state index in [0.717, 1.165) is 27.4 Å². The molecule has 0 unspecified atom stereocenters. The van der Waals surface area contributed by atoms with E-state index in [0.29, 0.717) is 12.3 Å². The molecule has 5 nitrogen and oxygen atoms in total. The molecule has 0 saturated heterocycles. The summed E-state index contributed by atoms with van der Waals surface area (Å²) in [6.45, 7) is 0.716. The zero-order valence-corrected chi connectivity index (χ0v) is 17.3. The van der Waals surface area contributed by atoms with Crippen LogP contribution in [-0.2, 0) is 11.8 Å². The summed E-state index contributed by atoms with van der Waals surface area (Å²) in [5.74, 6) is 1.18. The molecule has 26 heavy (non-hydrogen) atoms. The highest BCUT2D eigenvalue weighted by atomic mass is 79.9. The number of nitrogens with one attached hydrogen (secondary N) is 1. The van der Waals surface area contributed by atoms with Gasteiger partial charge in [-0.15, -0.1) is 10.2 Å². The van der Waals surface area contributed by atoms with Crippen molar-refractivity contribution in [1.82, 2.24) is 20.1 Å². The number of halogens is 1. The maximum absolute atomic E-state index is 12.1. The van der Waals surface area contributed by atoms with Gasteiger partial charge in [-0.2, -0.15) is 0 Å². The van der Waals surface area contributed by atoms with E-state index in [9.17, 15) is 4.79 Å². The van der Waals surface area contributed by atoms with Crippen molar-refractivity contribution in [2.45, 2.75) is 37.3 Å². The van der Waals surface area contributed by atoms with Gasteiger partial charge < -0.3 is 9.88 Å². The van der Waals surface area contributed by atoms with Crippen molar-refractivity contribution in [2.75, 3.05) is 12.3 Å². The summed E-state index contributed by atoms with van der Waals surface area (Å²) in [5, 5.41) is 12.2. The van der Waals surface area contributed by atoms with Gasteiger partial charge >= 0.3 is 0 Å². The number of carbonyl (C=O) groups is 1. The highest BCUT2D eigenvalue weighted by Gasteiger charge is 2.13. The lowest BCUT2D eigenvalue weighted by molar-refractivity contribution is -0.118. The predicted molar refractivity (Wildman–Crippen MR) is 109 cm³/mol. The number of hydrogen-bond donors (Lipinski definition) is 1. The minimum Gasteiger partial charge on any atom is -0.355 e. The second kappa shape index (κ2) is 9.37. The predicted octanol–water partition coefficient (Wildman–Crippen LogP) is 4.34. The molecule has 3 rings (SSSR count). The fraction of sp³-hybridized carbons (Fsp3) is 0.421. The third-order valence-electron chi connectivity index (χ3n) is 4.40. The van der Waals surface area contributed by atoms with E-state index in [2.05, 4.69) is 37.5 Å². The normalized spacial score (nSPS) is 14.2. The molecule has 1 aliphatic carbocycles. The highest BCUT2D eigenvalue weighted by molar-refractivity contribution is 9.10. The van der Waals surface area contributed by atoms with Crippen molar-refractivity contribution in [3.8, 4) is 11.4 Å². The molecule has 0 spiro atoms. The van der Waals surface area contributed by atoms with Gasteiger partial charge in [-0.3, -0.25) is 4.79 Å². The number of aromatic nitrogens is 3. The quantitative estimate of drug-likeness (QED) is 0.519. The number of nitrogens with zero attached hydrogens (tertiary/aromatic N) is 3. The Morgan fingerprint density at radius 3 is 3.00 bits per heavy atom. The summed E-state index contributed by atoms with van der Waals surface area (Å²) < 4.78 is 2.92. The fourth-order valence-electron chi connectivity index (χ4n) is 2.99. The van der Waals surface area contributed by atoms with Gasteiger partial charge in [0.25, 0.3) is 0 Å². The number of thioether (sulfide) groups is 1. The van der Waals surface area contributed by atoms with Gasteiger partial charge in [-0.25, -0.2) is 0 Å². The zero-order valence-electron chi connectivity index (χ0n) is 14.9. The monoisotopic (exact) mass is 434 g/mol. The molecule has 0 saturated carbocycles. The fourth-order valence-corrected chi connectivity index (χ4v) is 4.14. The summed E-state index contributed by atoms with van der Waals surface area (Å²) >= 11 is 4.89. The largest absolute Gasteiger partial charge is 0.355 e. The van der Waals surface area contributed by atoms with Gasteiger partial charge in [0.15, 0.2) is 11.0 Å². The Kier molecular flexibility index (Phi) is 6.91. The number of allylic oxidation sites excluding steroid dienone is 1. The van der Waals surface area contributed by atoms with Gasteiger partial charge in [0.1, 0.15) is 0 Å². The van der Waals surface area contributed by atoms with Crippen molar-refractivity contribution in [3.05, 3.63) is 40.4 Å². The molecule has 1 heterocycles. The average molecular weight is 435 g/mol. The molecule has 1 N–H and O–H groups in total. The molecule has 0 bridgehead atoms. The molecular weight excluding hydrogens is 412 g/mol. The minimum absolute atomic E-state index is 0.0402. The van der Waals surface area contributed by atoms with E-state index in [-0.39, 0.29) is 5.91 Å². The molecule has 0 atom stereocenters. The Morgan fingerprint density at radius 2 is 2.23 bits per heavy atom. The Labute approximate surface area is 166 Å². The van der Waals surface area contributed by atoms with E-state index in [4.69, 9.17) is 0 Å². The molecule has 0 radical (unpaired) electrons. The molecule has 1 aromatic carbocycles. The minimum atomic E-state index is 0.0402. The Balaban J connectivity index is 1.48. The number of hydrogen-bond acceptors (Lipinski definition) is 4. The highest BCUT2D eigenvalue weighted by Crippen LogP contribution is 2.24. The van der Waals surface area contributed by atoms with Crippen LogP contribution in [0.2, 0.25) is 0 Å². The summed E-state index contributed by atoms with van der Waals surface area (Å²) in [6.07, 6.45) is 8.24. The van der Waals surface area contributed by atoms with Crippen LogP contribution in [0.1, 0.15) is 32.1 Å². The smallest absolute Gasteiger partial charge is 0.230 e. The first kappa shape index (κ1) is 19.2. The number of amides is 1. The lowest BCUT2D eigenvalue weighted by Crippen LogP contribution is -2.26. The van der Waals surface area contributed by atoms with Crippen LogP contribution in [0, 0.1) is 0 Å². The molecule has 138 valence electrons. The first-order chi connectivity index (χ1) is 12.6. The van der Waals surface area contributed by atoms with Crippen LogP contribution in [0.5, 0.6) is 0 Å². The van der Waals surface area contributed by atoms with Crippen LogP contribution in [0.4, 0.5) is 0 Å². The lowest BCUT2D eigenvalue weighted by atomic mass is 9.97. The molecule has 2 aromatic rings. The second-order valence-electron chi connectivity index (χ2n) is 6.37. The number of carbonyl (C=O) groups excluding carboxylic acids is 1. The zero-order chi connectivity index (χ0) is 18.4. The first-order valence-electron chi connectivity index (χ1n) is 8.86.